The molecule has 0 rings (SSSR count). The van der Waals surface area contributed by atoms with Crippen molar-refractivity contribution < 1.29 is 33.3 Å². The third-order valence-electron chi connectivity index (χ3n) is 1.43. The molecular weight excluding hydrogens is 232 g/mol. The van der Waals surface area contributed by atoms with Crippen LogP contribution in [0.15, 0.2) is 0 Å². The Morgan fingerprint density at radius 3 is 1.53 bits per heavy atom. The molecule has 0 aromatic carbocycles. The van der Waals surface area contributed by atoms with Gasteiger partial charge in [0.05, 0.1) is 13.2 Å². The summed E-state index contributed by atoms with van der Waals surface area (Å²) in [4.78, 5) is 21.8. The quantitative estimate of drug-likeness (QED) is 0.527. The average molecular weight is 250 g/mol. The molecular formula is C10H18O7. The Hall–Kier alpha value is -1.50. The standard InChI is InChI=1S/C10H18O7/c1-5-13-9(11)16-7(3)15-8(4)17-10(12)14-6-2/h7-8H,5-6H2,1-4H3. The van der Waals surface area contributed by atoms with E-state index in [0.717, 1.165) is 0 Å². The molecule has 0 spiro atoms. The van der Waals surface area contributed by atoms with Crippen molar-refractivity contribution in [1.29, 1.82) is 0 Å². The van der Waals surface area contributed by atoms with Crippen molar-refractivity contribution in [1.82, 2.24) is 0 Å². The minimum absolute atomic E-state index is 0.209. The van der Waals surface area contributed by atoms with Crippen molar-refractivity contribution in [2.75, 3.05) is 13.2 Å². The minimum Gasteiger partial charge on any atom is -0.435 e. The van der Waals surface area contributed by atoms with E-state index in [2.05, 4.69) is 18.9 Å². The summed E-state index contributed by atoms with van der Waals surface area (Å²) in [5, 5.41) is 0. The first kappa shape index (κ1) is 15.5. The fourth-order valence-electron chi connectivity index (χ4n) is 0.900. The van der Waals surface area contributed by atoms with Crippen molar-refractivity contribution in [2.24, 2.45) is 0 Å². The van der Waals surface area contributed by atoms with E-state index in [9.17, 15) is 9.59 Å². The second kappa shape index (κ2) is 8.63. The lowest BCUT2D eigenvalue weighted by Gasteiger charge is -2.18. The molecule has 0 heterocycles. The molecule has 2 unspecified atom stereocenters. The summed E-state index contributed by atoms with van der Waals surface area (Å²) in [6.45, 7) is 6.67. The zero-order valence-corrected chi connectivity index (χ0v) is 10.4. The Morgan fingerprint density at radius 2 is 1.24 bits per heavy atom. The Balaban J connectivity index is 3.82. The van der Waals surface area contributed by atoms with Crippen LogP contribution in [0.3, 0.4) is 0 Å². The van der Waals surface area contributed by atoms with Crippen molar-refractivity contribution in [3.05, 3.63) is 0 Å². The van der Waals surface area contributed by atoms with Crippen LogP contribution in [-0.4, -0.2) is 38.1 Å². The lowest BCUT2D eigenvalue weighted by molar-refractivity contribution is -0.203. The van der Waals surface area contributed by atoms with E-state index in [1.54, 1.807) is 13.8 Å². The predicted molar refractivity (Wildman–Crippen MR) is 56.2 cm³/mol. The molecule has 17 heavy (non-hydrogen) atoms. The molecule has 0 aliphatic carbocycles. The summed E-state index contributed by atoms with van der Waals surface area (Å²) < 4.78 is 23.5. The second-order valence-electron chi connectivity index (χ2n) is 2.87. The number of hydrogen-bond acceptors (Lipinski definition) is 7. The van der Waals surface area contributed by atoms with Crippen LogP contribution in [0.25, 0.3) is 0 Å². The lowest BCUT2D eigenvalue weighted by Crippen LogP contribution is -2.27. The summed E-state index contributed by atoms with van der Waals surface area (Å²) in [7, 11) is 0. The van der Waals surface area contributed by atoms with Gasteiger partial charge in [-0.05, 0) is 27.7 Å². The molecule has 100 valence electrons. The average Bonchev–Trinajstić information content (AvgIpc) is 2.16. The van der Waals surface area contributed by atoms with Gasteiger partial charge in [-0.3, -0.25) is 0 Å². The molecule has 0 amide bonds. The first-order valence-corrected chi connectivity index (χ1v) is 5.31. The lowest BCUT2D eigenvalue weighted by atomic mass is 10.7. The minimum atomic E-state index is -0.890. The Kier molecular flexibility index (Phi) is 7.87. The van der Waals surface area contributed by atoms with Gasteiger partial charge in [0.15, 0.2) is 0 Å². The molecule has 0 fully saturated rings. The van der Waals surface area contributed by atoms with Crippen molar-refractivity contribution in [2.45, 2.75) is 40.3 Å². The smallest absolute Gasteiger partial charge is 0.435 e. The molecule has 0 saturated heterocycles. The maximum Gasteiger partial charge on any atom is 0.510 e. The van der Waals surface area contributed by atoms with E-state index in [4.69, 9.17) is 4.74 Å². The molecule has 0 saturated carbocycles. The highest BCUT2D eigenvalue weighted by molar-refractivity contribution is 5.60. The SMILES string of the molecule is CCOC(=O)OC(C)OC(C)OC(=O)OCC. The van der Waals surface area contributed by atoms with Crippen molar-refractivity contribution >= 4 is 12.3 Å². The number of rotatable bonds is 6. The van der Waals surface area contributed by atoms with Crippen LogP contribution in [0.4, 0.5) is 9.59 Å². The molecule has 0 aromatic heterocycles. The van der Waals surface area contributed by atoms with Crippen LogP contribution in [0.1, 0.15) is 27.7 Å². The topological polar surface area (TPSA) is 80.3 Å². The van der Waals surface area contributed by atoms with Gasteiger partial charge in [-0.25, -0.2) is 9.59 Å². The van der Waals surface area contributed by atoms with E-state index in [-0.39, 0.29) is 13.2 Å². The number of hydrogen-bond donors (Lipinski definition) is 0. The summed E-state index contributed by atoms with van der Waals surface area (Å²) in [5.41, 5.74) is 0. The summed E-state index contributed by atoms with van der Waals surface area (Å²) in [5.74, 6) is 0. The molecule has 2 atom stereocenters. The van der Waals surface area contributed by atoms with E-state index in [1.165, 1.54) is 13.8 Å². The number of carbonyl (C=O) groups is 2. The van der Waals surface area contributed by atoms with E-state index >= 15 is 0 Å². The first-order chi connectivity index (χ1) is 7.99. The van der Waals surface area contributed by atoms with E-state index in [1.807, 2.05) is 0 Å². The molecule has 0 radical (unpaired) electrons. The van der Waals surface area contributed by atoms with Crippen molar-refractivity contribution in [3.63, 3.8) is 0 Å². The zero-order chi connectivity index (χ0) is 13.3. The summed E-state index contributed by atoms with van der Waals surface area (Å²) >= 11 is 0. The van der Waals surface area contributed by atoms with Gasteiger partial charge in [-0.15, -0.1) is 0 Å². The molecule has 7 nitrogen and oxygen atoms in total. The van der Waals surface area contributed by atoms with Crippen LogP contribution in [0, 0.1) is 0 Å². The van der Waals surface area contributed by atoms with Gasteiger partial charge < -0.3 is 23.7 Å². The van der Waals surface area contributed by atoms with Crippen LogP contribution in [-0.2, 0) is 23.7 Å². The Labute approximate surface area is 99.9 Å². The Bertz CT molecular complexity index is 217. The Morgan fingerprint density at radius 1 is 0.882 bits per heavy atom. The van der Waals surface area contributed by atoms with Gasteiger partial charge in [-0.2, -0.15) is 0 Å². The van der Waals surface area contributed by atoms with Crippen molar-refractivity contribution in [3.8, 4) is 0 Å². The number of ether oxygens (including phenoxy) is 5. The van der Waals surface area contributed by atoms with Crippen LogP contribution >= 0.6 is 0 Å². The van der Waals surface area contributed by atoms with Gasteiger partial charge >= 0.3 is 12.3 Å². The van der Waals surface area contributed by atoms with Crippen LogP contribution < -0.4 is 0 Å². The van der Waals surface area contributed by atoms with E-state index in [0.29, 0.717) is 0 Å². The van der Waals surface area contributed by atoms with Crippen LogP contribution in [0.5, 0.6) is 0 Å². The highest BCUT2D eigenvalue weighted by Gasteiger charge is 2.17. The molecule has 0 aromatic rings. The highest BCUT2D eigenvalue weighted by Crippen LogP contribution is 2.04. The predicted octanol–water partition coefficient (Wildman–Crippen LogP) is 2.04. The second-order valence-corrected chi connectivity index (χ2v) is 2.87. The van der Waals surface area contributed by atoms with Gasteiger partial charge in [0.25, 0.3) is 0 Å². The van der Waals surface area contributed by atoms with Gasteiger partial charge in [0.1, 0.15) is 0 Å². The van der Waals surface area contributed by atoms with Gasteiger partial charge in [-0.1, -0.05) is 0 Å². The van der Waals surface area contributed by atoms with Gasteiger partial charge in [0.2, 0.25) is 12.6 Å². The highest BCUT2D eigenvalue weighted by atomic mass is 16.8. The molecule has 7 heteroatoms. The molecule has 0 N–H and O–H groups in total. The maximum atomic E-state index is 10.9. The summed E-state index contributed by atoms with van der Waals surface area (Å²) in [6.07, 6.45) is -3.47. The monoisotopic (exact) mass is 250 g/mol. The molecule has 0 aliphatic rings. The van der Waals surface area contributed by atoms with E-state index < -0.39 is 24.9 Å². The fourth-order valence-corrected chi connectivity index (χ4v) is 0.900. The third kappa shape index (κ3) is 8.32. The number of carbonyl (C=O) groups excluding carboxylic acids is 2. The third-order valence-corrected chi connectivity index (χ3v) is 1.43. The van der Waals surface area contributed by atoms with Crippen LogP contribution in [0.2, 0.25) is 0 Å². The fraction of sp³-hybridized carbons (Fsp3) is 0.800. The maximum absolute atomic E-state index is 10.9. The molecule has 0 bridgehead atoms. The largest absolute Gasteiger partial charge is 0.510 e. The summed E-state index contributed by atoms with van der Waals surface area (Å²) in [6, 6.07) is 0. The normalized spacial score (nSPS) is 13.4. The van der Waals surface area contributed by atoms with Gasteiger partial charge in [0, 0.05) is 0 Å². The zero-order valence-electron chi connectivity index (χ0n) is 10.4. The first-order valence-electron chi connectivity index (χ1n) is 5.31. The molecule has 0 aliphatic heterocycles.